The molecule has 1 rings (SSSR count). The molecule has 0 amide bonds. The van der Waals surface area contributed by atoms with Crippen LogP contribution >= 0.6 is 15.9 Å². The summed E-state index contributed by atoms with van der Waals surface area (Å²) in [6, 6.07) is 8.14. The Bertz CT molecular complexity index is 405. The van der Waals surface area contributed by atoms with Gasteiger partial charge in [0.15, 0.2) is 0 Å². The lowest BCUT2D eigenvalue weighted by Gasteiger charge is -2.26. The summed E-state index contributed by atoms with van der Waals surface area (Å²) in [6.07, 6.45) is 0. The summed E-state index contributed by atoms with van der Waals surface area (Å²) in [5.74, 6) is -0.208. The van der Waals surface area contributed by atoms with E-state index in [4.69, 9.17) is 4.74 Å². The second kappa shape index (κ2) is 6.90. The van der Waals surface area contributed by atoms with Crippen molar-refractivity contribution in [1.29, 1.82) is 0 Å². The molecule has 3 nitrogen and oxygen atoms in total. The van der Waals surface area contributed by atoms with Gasteiger partial charge in [0.25, 0.3) is 0 Å². The molecule has 0 heterocycles. The summed E-state index contributed by atoms with van der Waals surface area (Å²) in [5.41, 5.74) is 1.17. The summed E-state index contributed by atoms with van der Waals surface area (Å²) in [6.45, 7) is 7.49. The molecular formula is C14H20BrNO2. The molecule has 0 aliphatic rings. The molecule has 0 radical (unpaired) electrons. The third kappa shape index (κ3) is 4.42. The Labute approximate surface area is 117 Å². The van der Waals surface area contributed by atoms with Crippen molar-refractivity contribution in [3.05, 3.63) is 34.3 Å². The molecule has 4 heteroatoms. The Morgan fingerprint density at radius 2 is 2.06 bits per heavy atom. The van der Waals surface area contributed by atoms with E-state index in [0.29, 0.717) is 13.2 Å². The Balaban J connectivity index is 2.55. The number of benzene rings is 1. The number of hydrogen-bond acceptors (Lipinski definition) is 3. The molecule has 18 heavy (non-hydrogen) atoms. The number of carbonyl (C=O) groups is 1. The maximum absolute atomic E-state index is 11.2. The van der Waals surface area contributed by atoms with Crippen molar-refractivity contribution in [2.75, 3.05) is 19.7 Å². The normalized spacial score (nSPS) is 11.3. The highest BCUT2D eigenvalue weighted by Gasteiger charge is 2.22. The lowest BCUT2D eigenvalue weighted by atomic mass is 9.84. The zero-order valence-electron chi connectivity index (χ0n) is 11.1. The van der Waals surface area contributed by atoms with Crippen molar-refractivity contribution < 1.29 is 9.53 Å². The van der Waals surface area contributed by atoms with Gasteiger partial charge in [0, 0.05) is 16.4 Å². The number of esters is 1. The average Bonchev–Trinajstić information content (AvgIpc) is 2.29. The van der Waals surface area contributed by atoms with Crippen molar-refractivity contribution in [3.63, 3.8) is 0 Å². The first kappa shape index (κ1) is 15.2. The lowest BCUT2D eigenvalue weighted by Crippen LogP contribution is -2.36. The Hall–Kier alpha value is -0.870. The third-order valence-corrected chi connectivity index (χ3v) is 3.44. The maximum atomic E-state index is 11.2. The highest BCUT2D eigenvalue weighted by molar-refractivity contribution is 9.10. The second-order valence-corrected chi connectivity index (χ2v) is 5.63. The van der Waals surface area contributed by atoms with Crippen molar-refractivity contribution in [2.45, 2.75) is 26.2 Å². The van der Waals surface area contributed by atoms with Gasteiger partial charge in [0.1, 0.15) is 0 Å². The van der Waals surface area contributed by atoms with Crippen molar-refractivity contribution >= 4 is 21.9 Å². The SMILES string of the molecule is CCOC(=O)CNCC(C)(C)c1ccccc1Br. The van der Waals surface area contributed by atoms with Crippen LogP contribution in [0, 0.1) is 0 Å². The molecule has 0 fully saturated rings. The number of nitrogens with one attached hydrogen (secondary N) is 1. The molecule has 0 saturated carbocycles. The molecule has 0 aliphatic heterocycles. The van der Waals surface area contributed by atoms with Gasteiger partial charge in [-0.3, -0.25) is 4.79 Å². The number of carbonyl (C=O) groups excluding carboxylic acids is 1. The topological polar surface area (TPSA) is 38.3 Å². The first-order valence-electron chi connectivity index (χ1n) is 6.08. The Morgan fingerprint density at radius 1 is 1.39 bits per heavy atom. The highest BCUT2D eigenvalue weighted by atomic mass is 79.9. The summed E-state index contributed by atoms with van der Waals surface area (Å²) >= 11 is 3.56. The van der Waals surface area contributed by atoms with Crippen LogP contribution in [-0.4, -0.2) is 25.7 Å². The van der Waals surface area contributed by atoms with E-state index in [2.05, 4.69) is 41.2 Å². The van der Waals surface area contributed by atoms with Gasteiger partial charge in [-0.15, -0.1) is 0 Å². The highest BCUT2D eigenvalue weighted by Crippen LogP contribution is 2.29. The van der Waals surface area contributed by atoms with Crippen LogP contribution in [0.3, 0.4) is 0 Å². The number of ether oxygens (including phenoxy) is 1. The van der Waals surface area contributed by atoms with Crippen LogP contribution in [0.15, 0.2) is 28.7 Å². The molecule has 0 unspecified atom stereocenters. The van der Waals surface area contributed by atoms with E-state index in [1.165, 1.54) is 5.56 Å². The lowest BCUT2D eigenvalue weighted by molar-refractivity contribution is -0.142. The van der Waals surface area contributed by atoms with Crippen LogP contribution < -0.4 is 5.32 Å². The fraction of sp³-hybridized carbons (Fsp3) is 0.500. The molecule has 100 valence electrons. The van der Waals surface area contributed by atoms with Crippen LogP contribution in [0.1, 0.15) is 26.3 Å². The van der Waals surface area contributed by atoms with E-state index in [1.807, 2.05) is 25.1 Å². The number of rotatable bonds is 6. The van der Waals surface area contributed by atoms with E-state index in [0.717, 1.165) is 4.47 Å². The standard InChI is InChI=1S/C14H20BrNO2/c1-4-18-13(17)9-16-10-14(2,3)11-7-5-6-8-12(11)15/h5-8,16H,4,9-10H2,1-3H3. The van der Waals surface area contributed by atoms with Gasteiger partial charge < -0.3 is 10.1 Å². The molecule has 1 N–H and O–H groups in total. The smallest absolute Gasteiger partial charge is 0.319 e. The summed E-state index contributed by atoms with van der Waals surface area (Å²) in [5, 5.41) is 3.14. The van der Waals surface area contributed by atoms with Crippen molar-refractivity contribution in [1.82, 2.24) is 5.32 Å². The van der Waals surface area contributed by atoms with E-state index in [-0.39, 0.29) is 17.9 Å². The largest absolute Gasteiger partial charge is 0.465 e. The molecule has 0 aromatic heterocycles. The van der Waals surface area contributed by atoms with Crippen LogP contribution in [-0.2, 0) is 14.9 Å². The van der Waals surface area contributed by atoms with Crippen LogP contribution in [0.2, 0.25) is 0 Å². The summed E-state index contributed by atoms with van der Waals surface area (Å²) in [4.78, 5) is 11.2. The van der Waals surface area contributed by atoms with Gasteiger partial charge in [0.2, 0.25) is 0 Å². The molecule has 0 atom stereocenters. The molecular weight excluding hydrogens is 294 g/mol. The quantitative estimate of drug-likeness (QED) is 0.821. The minimum absolute atomic E-state index is 0.0490. The first-order valence-corrected chi connectivity index (χ1v) is 6.88. The Kier molecular flexibility index (Phi) is 5.82. The minimum atomic E-state index is -0.208. The van der Waals surface area contributed by atoms with Crippen LogP contribution in [0.4, 0.5) is 0 Å². The summed E-state index contributed by atoms with van der Waals surface area (Å²) in [7, 11) is 0. The molecule has 0 aliphatic carbocycles. The van der Waals surface area contributed by atoms with Crippen molar-refractivity contribution in [3.8, 4) is 0 Å². The van der Waals surface area contributed by atoms with Crippen LogP contribution in [0.5, 0.6) is 0 Å². The predicted molar refractivity (Wildman–Crippen MR) is 76.7 cm³/mol. The second-order valence-electron chi connectivity index (χ2n) is 4.77. The molecule has 0 saturated heterocycles. The van der Waals surface area contributed by atoms with Gasteiger partial charge in [0.05, 0.1) is 13.2 Å². The van der Waals surface area contributed by atoms with Crippen molar-refractivity contribution in [2.24, 2.45) is 0 Å². The fourth-order valence-corrected chi connectivity index (χ4v) is 2.62. The fourth-order valence-electron chi connectivity index (χ4n) is 1.79. The van der Waals surface area contributed by atoms with Gasteiger partial charge in [-0.2, -0.15) is 0 Å². The number of halogens is 1. The summed E-state index contributed by atoms with van der Waals surface area (Å²) < 4.78 is 5.97. The van der Waals surface area contributed by atoms with Gasteiger partial charge in [-0.05, 0) is 18.6 Å². The van der Waals surface area contributed by atoms with Gasteiger partial charge in [-0.1, -0.05) is 48.0 Å². The van der Waals surface area contributed by atoms with E-state index < -0.39 is 0 Å². The molecule has 1 aromatic carbocycles. The van der Waals surface area contributed by atoms with E-state index >= 15 is 0 Å². The molecule has 0 spiro atoms. The zero-order chi connectivity index (χ0) is 13.6. The van der Waals surface area contributed by atoms with Gasteiger partial charge >= 0.3 is 5.97 Å². The van der Waals surface area contributed by atoms with Crippen LogP contribution in [0.25, 0.3) is 0 Å². The zero-order valence-corrected chi connectivity index (χ0v) is 12.7. The minimum Gasteiger partial charge on any atom is -0.465 e. The molecule has 0 bridgehead atoms. The average molecular weight is 314 g/mol. The van der Waals surface area contributed by atoms with E-state index in [9.17, 15) is 4.79 Å². The predicted octanol–water partition coefficient (Wildman–Crippen LogP) is 2.88. The third-order valence-electron chi connectivity index (χ3n) is 2.74. The first-order chi connectivity index (χ1) is 8.47. The molecule has 1 aromatic rings. The maximum Gasteiger partial charge on any atom is 0.319 e. The van der Waals surface area contributed by atoms with Gasteiger partial charge in [-0.25, -0.2) is 0 Å². The Morgan fingerprint density at radius 3 is 2.67 bits per heavy atom. The van der Waals surface area contributed by atoms with E-state index in [1.54, 1.807) is 0 Å². The monoisotopic (exact) mass is 313 g/mol. The number of hydrogen-bond donors (Lipinski definition) is 1.